The zero-order chi connectivity index (χ0) is 19.3. The molecular formula is C21H24N2O5. The number of ether oxygens (including phenoxy) is 4. The van der Waals surface area contributed by atoms with E-state index in [0.29, 0.717) is 32.8 Å². The van der Waals surface area contributed by atoms with Crippen molar-refractivity contribution in [1.29, 1.82) is 0 Å². The quantitative estimate of drug-likeness (QED) is 0.859. The van der Waals surface area contributed by atoms with Crippen LogP contribution in [0.3, 0.4) is 0 Å². The molecular weight excluding hydrogens is 360 g/mol. The SMILES string of the molecule is COc1cccc(OC2CN(C(=O)NCc3ccc4c(c3)OCCCO4)C2)c1. The van der Waals surface area contributed by atoms with Gasteiger partial charge in [-0.2, -0.15) is 0 Å². The summed E-state index contributed by atoms with van der Waals surface area (Å²) in [4.78, 5) is 14.1. The van der Waals surface area contributed by atoms with Gasteiger partial charge in [0.1, 0.15) is 17.6 Å². The van der Waals surface area contributed by atoms with Crippen LogP contribution in [0.15, 0.2) is 42.5 Å². The lowest BCUT2D eigenvalue weighted by atomic mass is 10.1. The van der Waals surface area contributed by atoms with Crippen LogP contribution in [0.5, 0.6) is 23.0 Å². The Morgan fingerprint density at radius 2 is 1.89 bits per heavy atom. The highest BCUT2D eigenvalue weighted by Crippen LogP contribution is 2.30. The van der Waals surface area contributed by atoms with E-state index in [1.807, 2.05) is 42.5 Å². The smallest absolute Gasteiger partial charge is 0.317 e. The highest BCUT2D eigenvalue weighted by atomic mass is 16.5. The zero-order valence-corrected chi connectivity index (χ0v) is 15.8. The third-order valence-electron chi connectivity index (χ3n) is 4.73. The molecule has 1 N–H and O–H groups in total. The predicted octanol–water partition coefficient (Wildman–Crippen LogP) is 2.83. The number of likely N-dealkylation sites (tertiary alicyclic amines) is 1. The van der Waals surface area contributed by atoms with Crippen LogP contribution in [0, 0.1) is 0 Å². The maximum Gasteiger partial charge on any atom is 0.317 e. The molecule has 0 aromatic heterocycles. The van der Waals surface area contributed by atoms with Gasteiger partial charge in [-0.25, -0.2) is 4.79 Å². The summed E-state index contributed by atoms with van der Waals surface area (Å²) in [5, 5.41) is 2.94. The number of hydrogen-bond donors (Lipinski definition) is 1. The molecule has 1 fully saturated rings. The molecule has 0 bridgehead atoms. The summed E-state index contributed by atoms with van der Waals surface area (Å²) in [7, 11) is 1.62. The second-order valence-corrected chi connectivity index (χ2v) is 6.81. The molecule has 7 heteroatoms. The van der Waals surface area contributed by atoms with Crippen molar-refractivity contribution in [2.24, 2.45) is 0 Å². The molecule has 0 saturated carbocycles. The maximum absolute atomic E-state index is 12.3. The number of amides is 2. The summed E-state index contributed by atoms with van der Waals surface area (Å²) in [6.45, 7) is 2.87. The average molecular weight is 384 g/mol. The first-order chi connectivity index (χ1) is 13.7. The van der Waals surface area contributed by atoms with E-state index in [9.17, 15) is 4.79 Å². The molecule has 2 aliphatic rings. The first-order valence-electron chi connectivity index (χ1n) is 9.43. The van der Waals surface area contributed by atoms with Crippen LogP contribution in [0.2, 0.25) is 0 Å². The highest BCUT2D eigenvalue weighted by Gasteiger charge is 2.32. The van der Waals surface area contributed by atoms with Crippen LogP contribution < -0.4 is 24.3 Å². The fourth-order valence-corrected chi connectivity index (χ4v) is 3.15. The van der Waals surface area contributed by atoms with E-state index in [0.717, 1.165) is 35.0 Å². The first kappa shape index (κ1) is 18.3. The van der Waals surface area contributed by atoms with Crippen molar-refractivity contribution < 1.29 is 23.7 Å². The molecule has 2 aromatic carbocycles. The largest absolute Gasteiger partial charge is 0.497 e. The van der Waals surface area contributed by atoms with Crippen molar-refractivity contribution in [1.82, 2.24) is 10.2 Å². The number of urea groups is 1. The third kappa shape index (κ3) is 4.24. The molecule has 0 radical (unpaired) electrons. The summed E-state index contributed by atoms with van der Waals surface area (Å²) in [5.41, 5.74) is 0.974. The summed E-state index contributed by atoms with van der Waals surface area (Å²) in [6, 6.07) is 13.1. The molecule has 0 spiro atoms. The van der Waals surface area contributed by atoms with Crippen LogP contribution in [0.1, 0.15) is 12.0 Å². The van der Waals surface area contributed by atoms with Crippen LogP contribution in [-0.2, 0) is 6.54 Å². The van der Waals surface area contributed by atoms with Gasteiger partial charge in [0.2, 0.25) is 0 Å². The lowest BCUT2D eigenvalue weighted by Gasteiger charge is -2.38. The Hall–Kier alpha value is -3.09. The molecule has 4 rings (SSSR count). The molecule has 148 valence electrons. The van der Waals surface area contributed by atoms with E-state index in [1.165, 1.54) is 0 Å². The van der Waals surface area contributed by atoms with Crippen molar-refractivity contribution in [2.45, 2.75) is 19.1 Å². The molecule has 0 aliphatic carbocycles. The number of fused-ring (bicyclic) bond motifs is 1. The van der Waals surface area contributed by atoms with Gasteiger partial charge in [-0.3, -0.25) is 0 Å². The number of benzene rings is 2. The van der Waals surface area contributed by atoms with Gasteiger partial charge in [-0.1, -0.05) is 12.1 Å². The minimum atomic E-state index is -0.0994. The van der Waals surface area contributed by atoms with Crippen LogP contribution in [0.4, 0.5) is 4.79 Å². The zero-order valence-electron chi connectivity index (χ0n) is 15.8. The molecule has 2 amide bonds. The predicted molar refractivity (Wildman–Crippen MR) is 103 cm³/mol. The maximum atomic E-state index is 12.3. The molecule has 28 heavy (non-hydrogen) atoms. The Bertz CT molecular complexity index is 835. The summed E-state index contributed by atoms with van der Waals surface area (Å²) >= 11 is 0. The topological polar surface area (TPSA) is 69.3 Å². The van der Waals surface area contributed by atoms with Crippen molar-refractivity contribution >= 4 is 6.03 Å². The van der Waals surface area contributed by atoms with Crippen molar-refractivity contribution in [3.05, 3.63) is 48.0 Å². The van der Waals surface area contributed by atoms with Crippen LogP contribution in [0.25, 0.3) is 0 Å². The second-order valence-electron chi connectivity index (χ2n) is 6.81. The van der Waals surface area contributed by atoms with Gasteiger partial charge in [-0.05, 0) is 29.8 Å². The fraction of sp³-hybridized carbons (Fsp3) is 0.381. The van der Waals surface area contributed by atoms with Gasteiger partial charge in [0.25, 0.3) is 0 Å². The minimum absolute atomic E-state index is 0.00380. The van der Waals surface area contributed by atoms with E-state index >= 15 is 0 Å². The van der Waals surface area contributed by atoms with Crippen LogP contribution >= 0.6 is 0 Å². The summed E-state index contributed by atoms with van der Waals surface area (Å²) < 4.78 is 22.4. The number of carbonyl (C=O) groups is 1. The number of hydrogen-bond acceptors (Lipinski definition) is 5. The molecule has 2 aromatic rings. The summed E-state index contributed by atoms with van der Waals surface area (Å²) in [6.07, 6.45) is 0.866. The molecule has 2 aliphatic heterocycles. The van der Waals surface area contributed by atoms with Gasteiger partial charge >= 0.3 is 6.03 Å². The van der Waals surface area contributed by atoms with Gasteiger partial charge in [0, 0.05) is 19.0 Å². The van der Waals surface area contributed by atoms with E-state index in [2.05, 4.69) is 5.32 Å². The van der Waals surface area contributed by atoms with Crippen molar-refractivity contribution in [2.75, 3.05) is 33.4 Å². The normalized spacial score (nSPS) is 16.0. The first-order valence-corrected chi connectivity index (χ1v) is 9.43. The van der Waals surface area contributed by atoms with Crippen molar-refractivity contribution in [3.63, 3.8) is 0 Å². The van der Waals surface area contributed by atoms with Gasteiger partial charge < -0.3 is 29.2 Å². The standard InChI is InChI=1S/C21H24N2O5/c1-25-16-4-2-5-17(11-16)28-18-13-23(14-18)21(24)22-12-15-6-7-19-20(10-15)27-9-3-8-26-19/h2,4-7,10-11,18H,3,8-9,12-14H2,1H3,(H,22,24). The molecule has 2 heterocycles. The monoisotopic (exact) mass is 384 g/mol. The molecule has 7 nitrogen and oxygen atoms in total. The Balaban J connectivity index is 1.24. The second kappa shape index (κ2) is 8.29. The Labute approximate surface area is 164 Å². The van der Waals surface area contributed by atoms with Gasteiger partial charge in [0.05, 0.1) is 33.4 Å². The summed E-state index contributed by atoms with van der Waals surface area (Å²) in [5.74, 6) is 2.99. The Morgan fingerprint density at radius 3 is 2.71 bits per heavy atom. The molecule has 0 atom stereocenters. The van der Waals surface area contributed by atoms with E-state index in [-0.39, 0.29) is 12.1 Å². The third-order valence-corrected chi connectivity index (χ3v) is 4.73. The number of methoxy groups -OCH3 is 1. The van der Waals surface area contributed by atoms with E-state index in [1.54, 1.807) is 12.0 Å². The number of rotatable bonds is 5. The molecule has 0 unspecified atom stereocenters. The van der Waals surface area contributed by atoms with Gasteiger partial charge in [-0.15, -0.1) is 0 Å². The number of nitrogens with zero attached hydrogens (tertiary/aromatic N) is 1. The average Bonchev–Trinajstić information content (AvgIpc) is 2.93. The fourth-order valence-electron chi connectivity index (χ4n) is 3.15. The minimum Gasteiger partial charge on any atom is -0.497 e. The molecule has 1 saturated heterocycles. The Morgan fingerprint density at radius 1 is 1.11 bits per heavy atom. The van der Waals surface area contributed by atoms with E-state index < -0.39 is 0 Å². The Kier molecular flexibility index (Phi) is 5.41. The van der Waals surface area contributed by atoms with Gasteiger partial charge in [0.15, 0.2) is 11.5 Å². The van der Waals surface area contributed by atoms with Crippen LogP contribution in [-0.4, -0.2) is 50.4 Å². The lowest BCUT2D eigenvalue weighted by Crippen LogP contribution is -2.58. The highest BCUT2D eigenvalue weighted by molar-refractivity contribution is 5.75. The van der Waals surface area contributed by atoms with Crippen molar-refractivity contribution in [3.8, 4) is 23.0 Å². The number of carbonyl (C=O) groups excluding carboxylic acids is 1. The lowest BCUT2D eigenvalue weighted by molar-refractivity contribution is 0.0442. The van der Waals surface area contributed by atoms with E-state index in [4.69, 9.17) is 18.9 Å². The number of nitrogens with one attached hydrogen (secondary N) is 1.